The first-order valence-electron chi connectivity index (χ1n) is 9.89. The summed E-state index contributed by atoms with van der Waals surface area (Å²) in [5.41, 5.74) is 2.99. The van der Waals surface area contributed by atoms with Gasteiger partial charge in [0.15, 0.2) is 5.78 Å². The number of carbonyl (C=O) groups is 1. The van der Waals surface area contributed by atoms with E-state index in [1.807, 2.05) is 24.3 Å². The van der Waals surface area contributed by atoms with Gasteiger partial charge in [-0.05, 0) is 55.0 Å². The van der Waals surface area contributed by atoms with Crippen molar-refractivity contribution in [1.29, 1.82) is 0 Å². The molecule has 0 amide bonds. The van der Waals surface area contributed by atoms with Crippen LogP contribution in [0.1, 0.15) is 22.3 Å². The van der Waals surface area contributed by atoms with Gasteiger partial charge in [-0.3, -0.25) is 9.79 Å². The maximum absolute atomic E-state index is 13.4. The number of methoxy groups -OCH3 is 2. The summed E-state index contributed by atoms with van der Waals surface area (Å²) >= 11 is 0. The molecule has 1 aromatic heterocycles. The first-order chi connectivity index (χ1) is 14.7. The highest BCUT2D eigenvalue weighted by Gasteiger charge is 2.32. The Morgan fingerprint density at radius 3 is 2.53 bits per heavy atom. The van der Waals surface area contributed by atoms with Gasteiger partial charge in [0.25, 0.3) is 0 Å². The van der Waals surface area contributed by atoms with Crippen LogP contribution in [-0.2, 0) is 0 Å². The van der Waals surface area contributed by atoms with Gasteiger partial charge in [0.2, 0.25) is 0 Å². The second kappa shape index (κ2) is 7.30. The minimum atomic E-state index is -0.0521. The summed E-state index contributed by atoms with van der Waals surface area (Å²) in [6, 6.07) is 15.1. The number of benzene rings is 2. The number of aromatic nitrogens is 1. The lowest BCUT2D eigenvalue weighted by atomic mass is 9.95. The van der Waals surface area contributed by atoms with Crippen molar-refractivity contribution < 1.29 is 14.3 Å². The molecule has 0 saturated heterocycles. The third kappa shape index (κ3) is 3.01. The van der Waals surface area contributed by atoms with E-state index in [-0.39, 0.29) is 5.78 Å². The van der Waals surface area contributed by atoms with Crippen LogP contribution in [0.25, 0.3) is 17.0 Å². The molecule has 3 aromatic rings. The summed E-state index contributed by atoms with van der Waals surface area (Å²) in [5.74, 6) is 2.97. The molecule has 6 nitrogen and oxygen atoms in total. The van der Waals surface area contributed by atoms with Gasteiger partial charge >= 0.3 is 0 Å². The molecule has 2 aliphatic rings. The number of hydrogen-bond donors (Lipinski definition) is 0. The van der Waals surface area contributed by atoms with Crippen LogP contribution in [-0.4, -0.2) is 43.9 Å². The SMILES string of the molecule is COc1ccc(C(=O)C2=Cc3cc4ccc(OC)cc4nc3N3CCCN=C23)cc1. The third-order valence-electron chi connectivity index (χ3n) is 5.48. The van der Waals surface area contributed by atoms with E-state index in [1.165, 1.54) is 0 Å². The lowest BCUT2D eigenvalue weighted by molar-refractivity contribution is 0.104. The molecule has 6 heteroatoms. The van der Waals surface area contributed by atoms with Crippen LogP contribution in [0.15, 0.2) is 59.1 Å². The zero-order valence-electron chi connectivity index (χ0n) is 16.9. The van der Waals surface area contributed by atoms with Crippen molar-refractivity contribution in [2.75, 3.05) is 32.2 Å². The summed E-state index contributed by atoms with van der Waals surface area (Å²) in [7, 11) is 3.26. The Bertz CT molecular complexity index is 1210. The Kier molecular flexibility index (Phi) is 4.47. The highest BCUT2D eigenvalue weighted by atomic mass is 16.5. The summed E-state index contributed by atoms with van der Waals surface area (Å²) in [5, 5.41) is 0.999. The normalized spacial score (nSPS) is 15.1. The molecule has 30 heavy (non-hydrogen) atoms. The minimum absolute atomic E-state index is 0.0521. The van der Waals surface area contributed by atoms with E-state index in [4.69, 9.17) is 14.5 Å². The molecule has 0 saturated carbocycles. The highest BCUT2D eigenvalue weighted by molar-refractivity contribution is 6.35. The highest BCUT2D eigenvalue weighted by Crippen LogP contribution is 2.34. The fourth-order valence-corrected chi connectivity index (χ4v) is 3.93. The zero-order chi connectivity index (χ0) is 20.7. The average Bonchev–Trinajstić information content (AvgIpc) is 2.81. The number of ether oxygens (including phenoxy) is 2. The second-order valence-electron chi connectivity index (χ2n) is 7.29. The number of rotatable bonds is 4. The smallest absolute Gasteiger partial charge is 0.196 e. The van der Waals surface area contributed by atoms with Crippen LogP contribution < -0.4 is 14.4 Å². The predicted molar refractivity (Wildman–Crippen MR) is 118 cm³/mol. The van der Waals surface area contributed by atoms with Crippen LogP contribution in [0.2, 0.25) is 0 Å². The predicted octanol–water partition coefficient (Wildman–Crippen LogP) is 4.14. The molecule has 2 aliphatic heterocycles. The molecular weight excluding hydrogens is 378 g/mol. The standard InChI is InChI=1S/C24H21N3O3/c1-29-18-7-4-15(5-8-18)22(28)20-13-17-12-16-6-9-19(30-2)14-21(16)26-23(17)27-11-3-10-25-24(20)27/h4-9,12-14H,3,10-11H2,1-2H3. The van der Waals surface area contributed by atoms with Gasteiger partial charge in [0.1, 0.15) is 23.2 Å². The number of Topliss-reactive ketones (excluding diaryl/α,β-unsaturated/α-hetero) is 1. The molecule has 2 aromatic carbocycles. The molecule has 3 heterocycles. The van der Waals surface area contributed by atoms with Crippen LogP contribution >= 0.6 is 0 Å². The largest absolute Gasteiger partial charge is 0.497 e. The zero-order valence-corrected chi connectivity index (χ0v) is 16.9. The maximum atomic E-state index is 13.4. The van der Waals surface area contributed by atoms with Crippen LogP contribution in [0.5, 0.6) is 11.5 Å². The topological polar surface area (TPSA) is 64.0 Å². The number of fused-ring (bicyclic) bond motifs is 4. The number of nitrogens with zero attached hydrogens (tertiary/aromatic N) is 3. The molecule has 5 rings (SSSR count). The van der Waals surface area contributed by atoms with E-state index >= 15 is 0 Å². The molecule has 0 aliphatic carbocycles. The molecule has 0 unspecified atom stereocenters. The third-order valence-corrected chi connectivity index (χ3v) is 5.48. The minimum Gasteiger partial charge on any atom is -0.497 e. The molecule has 0 fully saturated rings. The molecule has 0 bridgehead atoms. The Morgan fingerprint density at radius 1 is 1.00 bits per heavy atom. The van der Waals surface area contributed by atoms with E-state index in [9.17, 15) is 4.79 Å². The van der Waals surface area contributed by atoms with Crippen molar-refractivity contribution in [2.24, 2.45) is 4.99 Å². The van der Waals surface area contributed by atoms with Gasteiger partial charge in [-0.2, -0.15) is 0 Å². The van der Waals surface area contributed by atoms with Crippen molar-refractivity contribution in [3.05, 3.63) is 65.2 Å². The maximum Gasteiger partial charge on any atom is 0.196 e. The summed E-state index contributed by atoms with van der Waals surface area (Å²) < 4.78 is 10.6. The van der Waals surface area contributed by atoms with Crippen LogP contribution in [0.3, 0.4) is 0 Å². The Labute approximate surface area is 174 Å². The number of amidine groups is 1. The first kappa shape index (κ1) is 18.4. The van der Waals surface area contributed by atoms with Gasteiger partial charge in [0.05, 0.1) is 25.3 Å². The summed E-state index contributed by atoms with van der Waals surface area (Å²) in [6.45, 7) is 1.48. The van der Waals surface area contributed by atoms with Crippen molar-refractivity contribution in [1.82, 2.24) is 4.98 Å². The number of pyridine rings is 1. The number of carbonyl (C=O) groups excluding carboxylic acids is 1. The number of ketones is 1. The van der Waals surface area contributed by atoms with Crippen LogP contribution in [0, 0.1) is 0 Å². The van der Waals surface area contributed by atoms with E-state index in [0.717, 1.165) is 46.7 Å². The Balaban J connectivity index is 1.64. The average molecular weight is 399 g/mol. The van der Waals surface area contributed by atoms with E-state index < -0.39 is 0 Å². The van der Waals surface area contributed by atoms with Gasteiger partial charge in [-0.25, -0.2) is 4.98 Å². The van der Waals surface area contributed by atoms with Crippen molar-refractivity contribution in [3.8, 4) is 11.5 Å². The van der Waals surface area contributed by atoms with Crippen LogP contribution in [0.4, 0.5) is 5.82 Å². The molecule has 0 atom stereocenters. The monoisotopic (exact) mass is 399 g/mol. The molecule has 0 spiro atoms. The lowest BCUT2D eigenvalue weighted by Gasteiger charge is -2.33. The Hall–Kier alpha value is -3.67. The van der Waals surface area contributed by atoms with Crippen molar-refractivity contribution in [2.45, 2.75) is 6.42 Å². The lowest BCUT2D eigenvalue weighted by Crippen LogP contribution is -2.41. The fourth-order valence-electron chi connectivity index (χ4n) is 3.93. The van der Waals surface area contributed by atoms with Crippen molar-refractivity contribution in [3.63, 3.8) is 0 Å². The number of aliphatic imine (C=N–C) groups is 1. The Morgan fingerprint density at radius 2 is 1.77 bits per heavy atom. The quantitative estimate of drug-likeness (QED) is 0.617. The van der Waals surface area contributed by atoms with E-state index in [2.05, 4.69) is 16.0 Å². The molecule has 0 radical (unpaired) electrons. The molecular formula is C24H21N3O3. The van der Waals surface area contributed by atoms with Gasteiger partial charge in [-0.15, -0.1) is 0 Å². The first-order valence-corrected chi connectivity index (χ1v) is 9.89. The van der Waals surface area contributed by atoms with Gasteiger partial charge in [-0.1, -0.05) is 0 Å². The van der Waals surface area contributed by atoms with Gasteiger partial charge in [0, 0.05) is 35.7 Å². The number of hydrogen-bond acceptors (Lipinski definition) is 6. The molecule has 0 N–H and O–H groups in total. The fraction of sp³-hybridized carbons (Fsp3) is 0.208. The van der Waals surface area contributed by atoms with E-state index in [1.54, 1.807) is 38.5 Å². The molecule has 150 valence electrons. The van der Waals surface area contributed by atoms with Gasteiger partial charge < -0.3 is 14.4 Å². The number of anilines is 1. The van der Waals surface area contributed by atoms with E-state index in [0.29, 0.717) is 23.5 Å². The van der Waals surface area contributed by atoms with Crippen molar-refractivity contribution >= 4 is 34.4 Å². The summed E-state index contributed by atoms with van der Waals surface area (Å²) in [4.78, 5) is 25.0. The summed E-state index contributed by atoms with van der Waals surface area (Å²) in [6.07, 6.45) is 2.84. The second-order valence-corrected chi connectivity index (χ2v) is 7.29.